The number of para-hydroxylation sites is 1. The van der Waals surface area contributed by atoms with E-state index in [0.29, 0.717) is 40.6 Å². The summed E-state index contributed by atoms with van der Waals surface area (Å²) in [5.41, 5.74) is 7.86. The molecule has 0 atom stereocenters. The molecule has 160 valence electrons. The van der Waals surface area contributed by atoms with Crippen LogP contribution in [-0.4, -0.2) is 39.5 Å². The Morgan fingerprint density at radius 1 is 0.938 bits per heavy atom. The monoisotopic (exact) mass is 430 g/mol. The maximum Gasteiger partial charge on any atom is 0.350 e. The van der Waals surface area contributed by atoms with Gasteiger partial charge in [-0.2, -0.15) is 4.98 Å². The molecule has 0 unspecified atom stereocenters. The van der Waals surface area contributed by atoms with Crippen LogP contribution in [0.2, 0.25) is 0 Å². The average molecular weight is 430 g/mol. The highest BCUT2D eigenvalue weighted by Crippen LogP contribution is 2.25. The van der Waals surface area contributed by atoms with E-state index in [-0.39, 0.29) is 6.54 Å². The van der Waals surface area contributed by atoms with E-state index in [1.165, 1.54) is 10.9 Å². The van der Waals surface area contributed by atoms with Crippen LogP contribution < -0.4 is 16.6 Å². The van der Waals surface area contributed by atoms with Gasteiger partial charge in [0.1, 0.15) is 17.5 Å². The predicted molar refractivity (Wildman–Crippen MR) is 116 cm³/mol. The van der Waals surface area contributed by atoms with Crippen LogP contribution in [0.15, 0.2) is 66.0 Å². The van der Waals surface area contributed by atoms with Crippen LogP contribution in [0.5, 0.6) is 0 Å². The quantitative estimate of drug-likeness (QED) is 0.298. The van der Waals surface area contributed by atoms with Gasteiger partial charge in [0.05, 0.1) is 30.8 Å². The topological polar surface area (TPSA) is 143 Å². The summed E-state index contributed by atoms with van der Waals surface area (Å²) in [7, 11) is 0. The Morgan fingerprint density at radius 3 is 2.66 bits per heavy atom. The van der Waals surface area contributed by atoms with Crippen LogP contribution >= 0.6 is 0 Å². The van der Waals surface area contributed by atoms with Crippen LogP contribution in [0, 0.1) is 0 Å². The molecular formula is C21H18N8O3. The van der Waals surface area contributed by atoms with Crippen molar-refractivity contribution < 1.29 is 10.4 Å². The first-order chi connectivity index (χ1) is 15.7. The van der Waals surface area contributed by atoms with Gasteiger partial charge in [-0.05, 0) is 29.3 Å². The molecule has 0 aliphatic carbocycles. The highest BCUT2D eigenvalue weighted by atomic mass is 16.5. The highest BCUT2D eigenvalue weighted by Gasteiger charge is 2.21. The third-order valence-corrected chi connectivity index (χ3v) is 5.18. The van der Waals surface area contributed by atoms with E-state index in [2.05, 4.69) is 30.9 Å². The van der Waals surface area contributed by atoms with Gasteiger partial charge in [0.25, 0.3) is 0 Å². The Hall–Kier alpha value is -4.35. The Labute approximate surface area is 180 Å². The lowest BCUT2D eigenvalue weighted by Gasteiger charge is -2.08. The number of hydrogen-bond acceptors (Lipinski definition) is 9. The van der Waals surface area contributed by atoms with Crippen molar-refractivity contribution in [2.45, 2.75) is 13.1 Å². The standard InChI is InChI=1S/C21H18N8O3/c30-21-25-18-17-19(28(12-24-17)10-14-5-1-2-7-16(14)27-32)22-11-23-20(18)29(21)9-13-4-3-6-15(8-13)26-31/h1-8,11-12,26-27,31-32H,9-10H2. The number of anilines is 2. The lowest BCUT2D eigenvalue weighted by Crippen LogP contribution is -2.17. The van der Waals surface area contributed by atoms with Crippen molar-refractivity contribution >= 4 is 22.5 Å². The minimum absolute atomic E-state index is 0.222. The molecule has 0 spiro atoms. The molecule has 1 aromatic heterocycles. The smallest absolute Gasteiger partial charge is 0.311 e. The number of rotatable bonds is 6. The molecule has 2 aromatic carbocycles. The van der Waals surface area contributed by atoms with Gasteiger partial charge in [0.15, 0.2) is 11.5 Å². The molecule has 0 bridgehead atoms. The largest absolute Gasteiger partial charge is 0.350 e. The summed E-state index contributed by atoms with van der Waals surface area (Å²) in [5.74, 6) is 0.363. The van der Waals surface area contributed by atoms with Crippen LogP contribution in [0.1, 0.15) is 11.1 Å². The van der Waals surface area contributed by atoms with Gasteiger partial charge in [-0.3, -0.25) is 25.9 Å². The fourth-order valence-corrected chi connectivity index (χ4v) is 3.66. The molecule has 4 N–H and O–H groups in total. The van der Waals surface area contributed by atoms with E-state index in [0.717, 1.165) is 11.1 Å². The third-order valence-electron chi connectivity index (χ3n) is 5.18. The summed E-state index contributed by atoms with van der Waals surface area (Å²) in [6.07, 6.45) is 2.99. The molecule has 0 saturated heterocycles. The normalized spacial score (nSPS) is 11.2. The van der Waals surface area contributed by atoms with Crippen molar-refractivity contribution in [2.75, 3.05) is 11.0 Å². The lowest BCUT2D eigenvalue weighted by molar-refractivity contribution is 0.388. The van der Waals surface area contributed by atoms with Crippen LogP contribution in [0.25, 0.3) is 22.7 Å². The third kappa shape index (κ3) is 3.41. The minimum atomic E-state index is -0.452. The molecule has 0 amide bonds. The van der Waals surface area contributed by atoms with E-state index in [1.807, 2.05) is 24.3 Å². The number of aromatic nitrogens is 6. The number of nitrogens with one attached hydrogen (secondary N) is 2. The van der Waals surface area contributed by atoms with Gasteiger partial charge >= 0.3 is 5.69 Å². The van der Waals surface area contributed by atoms with Crippen molar-refractivity contribution in [3.05, 3.63) is 82.8 Å². The molecule has 5 rings (SSSR count). The average Bonchev–Trinajstić information content (AvgIpc) is 3.29. The molecule has 0 saturated carbocycles. The molecule has 0 radical (unpaired) electrons. The number of benzene rings is 2. The fraction of sp³-hybridized carbons (Fsp3) is 0.0952. The minimum Gasteiger partial charge on any atom is -0.311 e. The number of imidazole rings is 2. The molecular weight excluding hydrogens is 412 g/mol. The van der Waals surface area contributed by atoms with Crippen molar-refractivity contribution in [3.63, 3.8) is 0 Å². The van der Waals surface area contributed by atoms with Gasteiger partial charge < -0.3 is 4.57 Å². The fourth-order valence-electron chi connectivity index (χ4n) is 3.66. The highest BCUT2D eigenvalue weighted by molar-refractivity contribution is 5.85. The van der Waals surface area contributed by atoms with E-state index in [1.54, 1.807) is 35.2 Å². The molecule has 32 heavy (non-hydrogen) atoms. The van der Waals surface area contributed by atoms with Crippen LogP contribution in [0.3, 0.4) is 0 Å². The first kappa shape index (κ1) is 19.6. The van der Waals surface area contributed by atoms with E-state index >= 15 is 0 Å². The van der Waals surface area contributed by atoms with Crippen molar-refractivity contribution in [3.8, 4) is 11.5 Å². The summed E-state index contributed by atoms with van der Waals surface area (Å²) < 4.78 is 3.24. The Kier molecular flexibility index (Phi) is 4.94. The Morgan fingerprint density at radius 2 is 1.81 bits per heavy atom. The van der Waals surface area contributed by atoms with Gasteiger partial charge in [-0.15, -0.1) is 0 Å². The van der Waals surface area contributed by atoms with Crippen LogP contribution in [-0.2, 0) is 13.1 Å². The summed E-state index contributed by atoms with van der Waals surface area (Å²) in [4.78, 5) is 30.1. The van der Waals surface area contributed by atoms with E-state index in [9.17, 15) is 10.0 Å². The van der Waals surface area contributed by atoms with Gasteiger partial charge in [-0.1, -0.05) is 30.3 Å². The van der Waals surface area contributed by atoms with Gasteiger partial charge in [0, 0.05) is 0 Å². The zero-order valence-electron chi connectivity index (χ0n) is 16.7. The van der Waals surface area contributed by atoms with Crippen molar-refractivity contribution in [1.82, 2.24) is 29.1 Å². The maximum absolute atomic E-state index is 12.7. The first-order valence-electron chi connectivity index (χ1n) is 9.71. The SMILES string of the molecule is O=c1nc2c3ncn(Cc4ccccc4NO)c3ncnc-2n1Cc1cccc(NO)c1. The zero-order valence-corrected chi connectivity index (χ0v) is 16.7. The summed E-state index contributed by atoms with van der Waals surface area (Å²) in [6.45, 7) is 0.615. The number of hydrogen-bond donors (Lipinski definition) is 4. The second-order valence-electron chi connectivity index (χ2n) is 7.15. The first-order valence-corrected chi connectivity index (χ1v) is 9.71. The summed E-state index contributed by atoms with van der Waals surface area (Å²) >= 11 is 0. The Balaban J connectivity index is 1.56. The van der Waals surface area contributed by atoms with Crippen molar-refractivity contribution in [1.29, 1.82) is 0 Å². The molecule has 11 nitrogen and oxygen atoms in total. The summed E-state index contributed by atoms with van der Waals surface area (Å²) in [5, 5.41) is 18.5. The predicted octanol–water partition coefficient (Wildman–Crippen LogP) is 2.19. The maximum atomic E-state index is 12.7. The molecule has 11 heteroatoms. The van der Waals surface area contributed by atoms with Gasteiger partial charge in [0.2, 0.25) is 0 Å². The molecule has 3 heterocycles. The lowest BCUT2D eigenvalue weighted by atomic mass is 10.2. The molecule has 2 aliphatic heterocycles. The van der Waals surface area contributed by atoms with E-state index < -0.39 is 5.69 Å². The number of nitrogens with zero attached hydrogens (tertiary/aromatic N) is 6. The molecule has 3 aromatic rings. The molecule has 2 aliphatic rings. The second kappa shape index (κ2) is 8.06. The summed E-state index contributed by atoms with van der Waals surface area (Å²) in [6, 6.07) is 14.4. The Bertz CT molecular complexity index is 1440. The second-order valence-corrected chi connectivity index (χ2v) is 7.15. The van der Waals surface area contributed by atoms with Crippen molar-refractivity contribution in [2.24, 2.45) is 0 Å². The van der Waals surface area contributed by atoms with Gasteiger partial charge in [-0.25, -0.2) is 19.7 Å². The molecule has 0 fully saturated rings. The van der Waals surface area contributed by atoms with E-state index in [4.69, 9.17) is 5.21 Å². The van der Waals surface area contributed by atoms with Crippen LogP contribution in [0.4, 0.5) is 11.4 Å². The number of fused-ring (bicyclic) bond motifs is 3. The zero-order chi connectivity index (χ0) is 22.1.